The number of thioether (sulfide) groups is 1. The third-order valence-electron chi connectivity index (χ3n) is 2.69. The van der Waals surface area contributed by atoms with Crippen molar-refractivity contribution in [3.05, 3.63) is 17.9 Å². The van der Waals surface area contributed by atoms with Gasteiger partial charge in [0.2, 0.25) is 0 Å². The number of carbonyl (C=O) groups is 1. The second-order valence-electron chi connectivity index (χ2n) is 3.94. The molecular weight excluding hydrogens is 222 g/mol. The van der Waals surface area contributed by atoms with Crippen LogP contribution in [0.2, 0.25) is 0 Å². The fourth-order valence-corrected chi connectivity index (χ4v) is 1.98. The topological polar surface area (TPSA) is 33.5 Å². The lowest BCUT2D eigenvalue weighted by Gasteiger charge is -2.23. The van der Waals surface area contributed by atoms with Crippen LogP contribution in [0.5, 0.6) is 0 Å². The molecule has 0 aliphatic carbocycles. The Balaban J connectivity index is 2.64. The van der Waals surface area contributed by atoms with E-state index in [0.29, 0.717) is 11.8 Å². The summed E-state index contributed by atoms with van der Waals surface area (Å²) in [7, 11) is 1.99. The predicted octanol–water partition coefficient (Wildman–Crippen LogP) is 3.06. The molecule has 0 amide bonds. The number of nitrogens with zero attached hydrogens (tertiary/aromatic N) is 1. The maximum absolute atomic E-state index is 11.1. The van der Waals surface area contributed by atoms with Gasteiger partial charge in [-0.15, -0.1) is 0 Å². The van der Waals surface area contributed by atoms with Crippen LogP contribution < -0.4 is 4.90 Å². The van der Waals surface area contributed by atoms with Gasteiger partial charge in [0.15, 0.2) is 17.4 Å². The first-order chi connectivity index (χ1) is 7.56. The highest BCUT2D eigenvalue weighted by Gasteiger charge is 2.14. The van der Waals surface area contributed by atoms with Gasteiger partial charge in [-0.2, -0.15) is 11.8 Å². The molecule has 0 fully saturated rings. The summed E-state index contributed by atoms with van der Waals surface area (Å²) >= 11 is 1.84. The van der Waals surface area contributed by atoms with E-state index in [-0.39, 0.29) is 5.78 Å². The van der Waals surface area contributed by atoms with Crippen LogP contribution in [0.1, 0.15) is 30.8 Å². The summed E-state index contributed by atoms with van der Waals surface area (Å²) in [5, 5.41) is 0. The Morgan fingerprint density at radius 3 is 2.75 bits per heavy atom. The fourth-order valence-electron chi connectivity index (χ4n) is 1.41. The van der Waals surface area contributed by atoms with Crippen LogP contribution >= 0.6 is 11.8 Å². The van der Waals surface area contributed by atoms with Crippen molar-refractivity contribution in [3.63, 3.8) is 0 Å². The largest absolute Gasteiger partial charge is 0.437 e. The van der Waals surface area contributed by atoms with Crippen molar-refractivity contribution in [3.8, 4) is 0 Å². The quantitative estimate of drug-likeness (QED) is 0.717. The number of furan rings is 1. The maximum atomic E-state index is 11.1. The number of hydrogen-bond acceptors (Lipinski definition) is 4. The Bertz CT molecular complexity index is 349. The van der Waals surface area contributed by atoms with E-state index in [1.807, 2.05) is 24.9 Å². The number of anilines is 1. The molecule has 0 N–H and O–H groups in total. The molecule has 0 spiro atoms. The van der Waals surface area contributed by atoms with E-state index in [9.17, 15) is 4.79 Å². The molecule has 0 aliphatic rings. The highest BCUT2D eigenvalue weighted by atomic mass is 32.2. The molecule has 0 saturated heterocycles. The number of hydrogen-bond donors (Lipinski definition) is 0. The Kier molecular flexibility index (Phi) is 4.93. The zero-order valence-corrected chi connectivity index (χ0v) is 11.1. The van der Waals surface area contributed by atoms with Crippen molar-refractivity contribution in [2.75, 3.05) is 24.0 Å². The highest BCUT2D eigenvalue weighted by Crippen LogP contribution is 2.21. The van der Waals surface area contributed by atoms with E-state index >= 15 is 0 Å². The van der Waals surface area contributed by atoms with E-state index in [1.54, 1.807) is 6.07 Å². The zero-order chi connectivity index (χ0) is 12.1. The summed E-state index contributed by atoms with van der Waals surface area (Å²) in [5.41, 5.74) is 0. The lowest BCUT2D eigenvalue weighted by Crippen LogP contribution is -2.28. The highest BCUT2D eigenvalue weighted by molar-refractivity contribution is 7.98. The van der Waals surface area contributed by atoms with Crippen LogP contribution in [0.15, 0.2) is 16.5 Å². The third-order valence-corrected chi connectivity index (χ3v) is 3.33. The first-order valence-electron chi connectivity index (χ1n) is 5.38. The number of Topliss-reactive ketones (excluding diaryl/α,β-unsaturated/α-hetero) is 1. The van der Waals surface area contributed by atoms with Crippen LogP contribution in [0.25, 0.3) is 0 Å². The summed E-state index contributed by atoms with van der Waals surface area (Å²) in [6, 6.07) is 4.00. The van der Waals surface area contributed by atoms with E-state index in [1.165, 1.54) is 6.92 Å². The van der Waals surface area contributed by atoms with Crippen molar-refractivity contribution < 1.29 is 9.21 Å². The second-order valence-corrected chi connectivity index (χ2v) is 4.92. The van der Waals surface area contributed by atoms with Crippen LogP contribution in [0, 0.1) is 0 Å². The molecule has 1 aromatic rings. The van der Waals surface area contributed by atoms with Gasteiger partial charge in [-0.25, -0.2) is 0 Å². The van der Waals surface area contributed by atoms with Gasteiger partial charge in [0, 0.05) is 26.1 Å². The fraction of sp³-hybridized carbons (Fsp3) is 0.583. The molecule has 1 unspecified atom stereocenters. The smallest absolute Gasteiger partial charge is 0.196 e. The summed E-state index contributed by atoms with van der Waals surface area (Å²) in [4.78, 5) is 13.2. The molecule has 0 bridgehead atoms. The normalized spacial score (nSPS) is 12.5. The standard InChI is InChI=1S/C12H19NO2S/c1-9(7-8-16-4)13(3)12-6-5-11(15-12)10(2)14/h5-6,9H,7-8H2,1-4H3. The average molecular weight is 241 g/mol. The van der Waals surface area contributed by atoms with Gasteiger partial charge in [-0.05, 0) is 31.4 Å². The molecule has 0 aromatic carbocycles. The zero-order valence-electron chi connectivity index (χ0n) is 10.3. The Morgan fingerprint density at radius 2 is 2.25 bits per heavy atom. The monoisotopic (exact) mass is 241 g/mol. The molecule has 16 heavy (non-hydrogen) atoms. The van der Waals surface area contributed by atoms with Gasteiger partial charge >= 0.3 is 0 Å². The van der Waals surface area contributed by atoms with E-state index in [0.717, 1.165) is 18.1 Å². The molecule has 0 saturated carbocycles. The first kappa shape index (κ1) is 13.2. The molecule has 4 heteroatoms. The van der Waals surface area contributed by atoms with Gasteiger partial charge in [-0.3, -0.25) is 4.79 Å². The molecule has 1 aromatic heterocycles. The van der Waals surface area contributed by atoms with Crippen molar-refractivity contribution in [2.24, 2.45) is 0 Å². The molecule has 1 heterocycles. The molecule has 1 atom stereocenters. The van der Waals surface area contributed by atoms with Gasteiger partial charge in [0.1, 0.15) is 0 Å². The van der Waals surface area contributed by atoms with Gasteiger partial charge in [0.25, 0.3) is 0 Å². The number of ketones is 1. The predicted molar refractivity (Wildman–Crippen MR) is 69.6 cm³/mol. The maximum Gasteiger partial charge on any atom is 0.196 e. The van der Waals surface area contributed by atoms with E-state index in [4.69, 9.17) is 4.42 Å². The van der Waals surface area contributed by atoms with Crippen LogP contribution in [0.4, 0.5) is 5.88 Å². The molecule has 0 radical (unpaired) electrons. The lowest BCUT2D eigenvalue weighted by molar-refractivity contribution is 0.0987. The first-order valence-corrected chi connectivity index (χ1v) is 6.78. The molecular formula is C12H19NO2S. The van der Waals surface area contributed by atoms with Crippen molar-refractivity contribution in [1.29, 1.82) is 0 Å². The Labute approximate surface area is 101 Å². The number of carbonyl (C=O) groups excluding carboxylic acids is 1. The van der Waals surface area contributed by atoms with Gasteiger partial charge in [0.05, 0.1) is 0 Å². The molecule has 1 rings (SSSR count). The Morgan fingerprint density at radius 1 is 1.56 bits per heavy atom. The van der Waals surface area contributed by atoms with Gasteiger partial charge < -0.3 is 9.32 Å². The minimum atomic E-state index is -0.0311. The summed E-state index contributed by atoms with van der Waals surface area (Å²) in [5.74, 6) is 2.29. The van der Waals surface area contributed by atoms with Gasteiger partial charge in [-0.1, -0.05) is 0 Å². The van der Waals surface area contributed by atoms with E-state index in [2.05, 4.69) is 18.1 Å². The van der Waals surface area contributed by atoms with E-state index < -0.39 is 0 Å². The minimum Gasteiger partial charge on any atom is -0.437 e. The number of rotatable bonds is 6. The van der Waals surface area contributed by atoms with Crippen LogP contribution in [0.3, 0.4) is 0 Å². The second kappa shape index (κ2) is 5.99. The Hall–Kier alpha value is -0.900. The minimum absolute atomic E-state index is 0.0311. The third kappa shape index (κ3) is 3.30. The van der Waals surface area contributed by atoms with Crippen LogP contribution in [-0.2, 0) is 0 Å². The lowest BCUT2D eigenvalue weighted by atomic mass is 10.2. The van der Waals surface area contributed by atoms with Crippen LogP contribution in [-0.4, -0.2) is 30.9 Å². The summed E-state index contributed by atoms with van der Waals surface area (Å²) in [6.45, 7) is 3.67. The van der Waals surface area contributed by atoms with Crippen molar-refractivity contribution in [1.82, 2.24) is 0 Å². The summed E-state index contributed by atoms with van der Waals surface area (Å²) < 4.78 is 5.48. The molecule has 0 aliphatic heterocycles. The summed E-state index contributed by atoms with van der Waals surface area (Å²) in [6.07, 6.45) is 3.21. The van der Waals surface area contributed by atoms with Crippen molar-refractivity contribution in [2.45, 2.75) is 26.3 Å². The SMILES string of the molecule is CSCCC(C)N(C)c1ccc(C(C)=O)o1. The molecule has 3 nitrogen and oxygen atoms in total. The molecule has 90 valence electrons. The average Bonchev–Trinajstić information content (AvgIpc) is 2.74. The van der Waals surface area contributed by atoms with Crippen molar-refractivity contribution >= 4 is 23.4 Å².